The van der Waals surface area contributed by atoms with Crippen molar-refractivity contribution in [2.75, 3.05) is 4.90 Å². The maximum atomic E-state index is 2.47. The van der Waals surface area contributed by atoms with E-state index in [1.807, 2.05) is 0 Å². The minimum atomic E-state index is -0.476. The van der Waals surface area contributed by atoms with Crippen molar-refractivity contribution in [1.29, 1.82) is 0 Å². The van der Waals surface area contributed by atoms with Crippen molar-refractivity contribution in [2.45, 2.75) is 24.7 Å². The van der Waals surface area contributed by atoms with Gasteiger partial charge in [0, 0.05) is 22.5 Å². The normalized spacial score (nSPS) is 14.3. The molecule has 0 bridgehead atoms. The van der Waals surface area contributed by atoms with Crippen molar-refractivity contribution in [3.8, 4) is 22.3 Å². The fourth-order valence-electron chi connectivity index (χ4n) is 10.2. The molecule has 2 aliphatic rings. The van der Waals surface area contributed by atoms with Gasteiger partial charge < -0.3 is 4.90 Å². The molecule has 0 N–H and O–H groups in total. The van der Waals surface area contributed by atoms with Crippen LogP contribution in [0.15, 0.2) is 200 Å². The van der Waals surface area contributed by atoms with E-state index in [0.29, 0.717) is 0 Å². The van der Waals surface area contributed by atoms with Crippen molar-refractivity contribution >= 4 is 38.6 Å². The minimum Gasteiger partial charge on any atom is -0.310 e. The summed E-state index contributed by atoms with van der Waals surface area (Å²) in [6.45, 7) is 4.83. The molecular formula is C54H39N. The first-order valence-corrected chi connectivity index (χ1v) is 19.4. The van der Waals surface area contributed by atoms with E-state index in [1.54, 1.807) is 0 Å². The summed E-state index contributed by atoms with van der Waals surface area (Å²) in [5.74, 6) is 0. The molecule has 9 aromatic carbocycles. The number of rotatable bonds is 5. The summed E-state index contributed by atoms with van der Waals surface area (Å²) in [7, 11) is 0. The van der Waals surface area contributed by atoms with Gasteiger partial charge in [-0.15, -0.1) is 0 Å². The lowest BCUT2D eigenvalue weighted by molar-refractivity contribution is 0.666. The summed E-state index contributed by atoms with van der Waals surface area (Å²) in [5.41, 5.74) is 16.0. The van der Waals surface area contributed by atoms with Crippen LogP contribution in [-0.2, 0) is 10.8 Å². The van der Waals surface area contributed by atoms with Crippen molar-refractivity contribution in [1.82, 2.24) is 0 Å². The molecule has 0 aromatic heterocycles. The van der Waals surface area contributed by atoms with Crippen LogP contribution in [0.25, 0.3) is 43.8 Å². The SMILES string of the molecule is CC1(C)c2cc(N(c3ccccc3)c3ccc4c(c3)C(c3ccccc3)(c3ccccc3)c3ccccc3-4)ccc2-c2c1c1ccccc1c1ccccc21. The van der Waals surface area contributed by atoms with Gasteiger partial charge in [0.2, 0.25) is 0 Å². The first-order chi connectivity index (χ1) is 27.1. The number of hydrogen-bond donors (Lipinski definition) is 0. The minimum absolute atomic E-state index is 0.206. The topological polar surface area (TPSA) is 3.24 Å². The third-order valence-electron chi connectivity index (χ3n) is 12.5. The summed E-state index contributed by atoms with van der Waals surface area (Å²) >= 11 is 0. The van der Waals surface area contributed by atoms with Gasteiger partial charge in [-0.1, -0.05) is 178 Å². The molecule has 2 aliphatic carbocycles. The third-order valence-corrected chi connectivity index (χ3v) is 12.5. The van der Waals surface area contributed by atoms with E-state index in [4.69, 9.17) is 0 Å². The summed E-state index contributed by atoms with van der Waals surface area (Å²) in [5, 5.41) is 5.31. The zero-order valence-electron chi connectivity index (χ0n) is 31.0. The molecule has 0 unspecified atom stereocenters. The highest BCUT2D eigenvalue weighted by molar-refractivity contribution is 6.18. The van der Waals surface area contributed by atoms with Gasteiger partial charge in [0.25, 0.3) is 0 Å². The largest absolute Gasteiger partial charge is 0.310 e. The molecule has 0 fully saturated rings. The second-order valence-electron chi connectivity index (χ2n) is 15.6. The maximum absolute atomic E-state index is 2.47. The molecule has 55 heavy (non-hydrogen) atoms. The van der Waals surface area contributed by atoms with Crippen LogP contribution in [0.2, 0.25) is 0 Å². The van der Waals surface area contributed by atoms with Crippen LogP contribution in [0.4, 0.5) is 17.1 Å². The zero-order chi connectivity index (χ0) is 36.7. The number of benzene rings is 9. The number of anilines is 3. The highest BCUT2D eigenvalue weighted by Crippen LogP contribution is 2.58. The van der Waals surface area contributed by atoms with Crippen molar-refractivity contribution in [2.24, 2.45) is 0 Å². The Labute approximate surface area is 322 Å². The molecule has 0 saturated heterocycles. The van der Waals surface area contributed by atoms with Gasteiger partial charge in [-0.05, 0) is 114 Å². The van der Waals surface area contributed by atoms with Gasteiger partial charge in [-0.3, -0.25) is 0 Å². The van der Waals surface area contributed by atoms with Crippen LogP contribution in [0.3, 0.4) is 0 Å². The molecule has 1 nitrogen and oxygen atoms in total. The Morgan fingerprint density at radius 1 is 0.345 bits per heavy atom. The molecule has 9 aromatic rings. The lowest BCUT2D eigenvalue weighted by Gasteiger charge is -2.35. The van der Waals surface area contributed by atoms with Gasteiger partial charge in [-0.25, -0.2) is 0 Å². The number of hydrogen-bond acceptors (Lipinski definition) is 1. The Balaban J connectivity index is 1.16. The Kier molecular flexibility index (Phi) is 6.88. The van der Waals surface area contributed by atoms with E-state index in [-0.39, 0.29) is 5.41 Å². The van der Waals surface area contributed by atoms with Crippen LogP contribution in [0.5, 0.6) is 0 Å². The van der Waals surface area contributed by atoms with Crippen LogP contribution < -0.4 is 4.90 Å². The van der Waals surface area contributed by atoms with Gasteiger partial charge in [-0.2, -0.15) is 0 Å². The fraction of sp³-hybridized carbons (Fsp3) is 0.0741. The number of nitrogens with zero attached hydrogens (tertiary/aromatic N) is 1. The van der Waals surface area contributed by atoms with Crippen molar-refractivity contribution in [3.05, 3.63) is 234 Å². The van der Waals surface area contributed by atoms with E-state index in [1.165, 1.54) is 77.2 Å². The standard InChI is InChI=1S/C54H39N/c1-53(2)49-34-39(31-33-47(49)51-45-27-14-12-24-41(45)42-25-13-15-28-46(42)52(51)53)55(38-22-10-5-11-23-38)40-30-32-44-43-26-16-17-29-48(43)54(50(44)35-40,36-18-6-3-7-19-36)37-20-8-4-9-21-37/h3-35H,1-2H3. The van der Waals surface area contributed by atoms with Crippen LogP contribution in [0, 0.1) is 0 Å². The number of fused-ring (bicyclic) bond motifs is 11. The quantitative estimate of drug-likeness (QED) is 0.162. The van der Waals surface area contributed by atoms with E-state index in [9.17, 15) is 0 Å². The molecule has 0 aliphatic heterocycles. The molecule has 0 radical (unpaired) electrons. The molecule has 11 rings (SSSR count). The molecule has 0 saturated carbocycles. The number of para-hydroxylation sites is 1. The molecular weight excluding hydrogens is 663 g/mol. The van der Waals surface area contributed by atoms with E-state index >= 15 is 0 Å². The van der Waals surface area contributed by atoms with Gasteiger partial charge >= 0.3 is 0 Å². The van der Waals surface area contributed by atoms with E-state index < -0.39 is 5.41 Å². The lowest BCUT2D eigenvalue weighted by atomic mass is 9.67. The smallest absolute Gasteiger partial charge is 0.0714 e. The summed E-state index contributed by atoms with van der Waals surface area (Å²) < 4.78 is 0. The maximum Gasteiger partial charge on any atom is 0.0714 e. The Hall–Kier alpha value is -6.70. The molecule has 1 heteroatoms. The summed E-state index contributed by atoms with van der Waals surface area (Å²) in [4.78, 5) is 2.46. The average Bonchev–Trinajstić information content (AvgIpc) is 3.68. The lowest BCUT2D eigenvalue weighted by Crippen LogP contribution is -2.28. The van der Waals surface area contributed by atoms with Gasteiger partial charge in [0.05, 0.1) is 5.41 Å². The Bertz CT molecular complexity index is 2900. The molecule has 0 amide bonds. The molecule has 0 atom stereocenters. The van der Waals surface area contributed by atoms with E-state index in [2.05, 4.69) is 219 Å². The van der Waals surface area contributed by atoms with Gasteiger partial charge in [0.1, 0.15) is 0 Å². The van der Waals surface area contributed by atoms with Gasteiger partial charge in [0.15, 0.2) is 0 Å². The summed E-state index contributed by atoms with van der Waals surface area (Å²) in [6, 6.07) is 74.3. The second kappa shape index (κ2) is 11.9. The summed E-state index contributed by atoms with van der Waals surface area (Å²) in [6.07, 6.45) is 0. The first kappa shape index (κ1) is 31.8. The van der Waals surface area contributed by atoms with Crippen LogP contribution in [0.1, 0.15) is 47.2 Å². The highest BCUT2D eigenvalue weighted by Gasteiger charge is 2.46. The third kappa shape index (κ3) is 4.41. The van der Waals surface area contributed by atoms with Crippen molar-refractivity contribution in [3.63, 3.8) is 0 Å². The Morgan fingerprint density at radius 3 is 1.47 bits per heavy atom. The van der Waals surface area contributed by atoms with Crippen LogP contribution >= 0.6 is 0 Å². The predicted molar refractivity (Wildman–Crippen MR) is 231 cm³/mol. The van der Waals surface area contributed by atoms with Crippen LogP contribution in [-0.4, -0.2) is 0 Å². The molecule has 0 heterocycles. The van der Waals surface area contributed by atoms with E-state index in [0.717, 1.165) is 17.1 Å². The Morgan fingerprint density at radius 2 is 0.818 bits per heavy atom. The monoisotopic (exact) mass is 701 g/mol. The molecule has 260 valence electrons. The van der Waals surface area contributed by atoms with Crippen molar-refractivity contribution < 1.29 is 0 Å². The second-order valence-corrected chi connectivity index (χ2v) is 15.6. The highest BCUT2D eigenvalue weighted by atomic mass is 15.1. The fourth-order valence-corrected chi connectivity index (χ4v) is 10.2. The molecule has 0 spiro atoms. The predicted octanol–water partition coefficient (Wildman–Crippen LogP) is 14.1. The first-order valence-electron chi connectivity index (χ1n) is 19.4. The zero-order valence-corrected chi connectivity index (χ0v) is 31.0. The average molecular weight is 702 g/mol.